The molecule has 0 saturated heterocycles. The molecule has 0 unspecified atom stereocenters. The van der Waals surface area contributed by atoms with E-state index in [4.69, 9.17) is 23.2 Å². The number of nitrogens with zero attached hydrogens (tertiary/aromatic N) is 2. The lowest BCUT2D eigenvalue weighted by molar-refractivity contribution is -0.140. The maximum atomic E-state index is 14.0. The number of benzene rings is 2. The van der Waals surface area contributed by atoms with Crippen LogP contribution in [0, 0.1) is 0 Å². The van der Waals surface area contributed by atoms with Gasteiger partial charge in [0.05, 0.1) is 22.5 Å². The molecular formula is C30H30Cl2N2O6. The third-order valence-electron chi connectivity index (χ3n) is 6.97. The first-order valence-electron chi connectivity index (χ1n) is 13.1. The largest absolute Gasteiger partial charge is 0.480 e. The van der Waals surface area contributed by atoms with Crippen molar-refractivity contribution in [3.05, 3.63) is 81.9 Å². The molecule has 2 amide bonds. The highest BCUT2D eigenvalue weighted by molar-refractivity contribution is 6.31. The Morgan fingerprint density at radius 2 is 1.00 bits per heavy atom. The molecule has 2 N–H and O–H groups in total. The molecule has 0 aliphatic carbocycles. The van der Waals surface area contributed by atoms with Crippen molar-refractivity contribution in [1.29, 1.82) is 0 Å². The molecule has 0 atom stereocenters. The molecule has 2 aliphatic heterocycles. The van der Waals surface area contributed by atoms with Crippen LogP contribution in [-0.2, 0) is 32.0 Å². The van der Waals surface area contributed by atoms with Crippen molar-refractivity contribution in [2.75, 3.05) is 24.8 Å². The van der Waals surface area contributed by atoms with E-state index in [0.29, 0.717) is 35.7 Å². The van der Waals surface area contributed by atoms with Crippen molar-refractivity contribution >= 4 is 58.3 Å². The minimum Gasteiger partial charge on any atom is -0.480 e. The normalized spacial score (nSPS) is 14.9. The van der Waals surface area contributed by atoms with Gasteiger partial charge in [0.2, 0.25) is 0 Å². The molecular weight excluding hydrogens is 555 g/mol. The molecule has 8 nitrogen and oxygen atoms in total. The molecule has 10 heteroatoms. The summed E-state index contributed by atoms with van der Waals surface area (Å²) in [5.41, 5.74) is 3.26. The minimum absolute atomic E-state index is 0.0304. The monoisotopic (exact) mass is 584 g/mol. The van der Waals surface area contributed by atoms with Gasteiger partial charge in [0.25, 0.3) is 11.8 Å². The van der Waals surface area contributed by atoms with Gasteiger partial charge in [0.15, 0.2) is 0 Å². The molecule has 0 radical (unpaired) electrons. The summed E-state index contributed by atoms with van der Waals surface area (Å²) in [4.78, 5) is 54.1. The zero-order valence-corrected chi connectivity index (χ0v) is 23.4. The predicted molar refractivity (Wildman–Crippen MR) is 153 cm³/mol. The van der Waals surface area contributed by atoms with Gasteiger partial charge in [0.1, 0.15) is 13.1 Å². The molecule has 0 bridgehead atoms. The number of carbonyl (C=O) groups excluding carboxylic acids is 2. The summed E-state index contributed by atoms with van der Waals surface area (Å²) >= 11 is 11.7. The van der Waals surface area contributed by atoms with Gasteiger partial charge in [-0.15, -0.1) is 23.2 Å². The first-order valence-corrected chi connectivity index (χ1v) is 14.2. The van der Waals surface area contributed by atoms with E-state index in [1.165, 1.54) is 0 Å². The number of hydrogen-bond donors (Lipinski definition) is 2. The maximum absolute atomic E-state index is 14.0. The number of carboxylic acids is 2. The number of amides is 2. The van der Waals surface area contributed by atoms with Crippen molar-refractivity contribution in [1.82, 2.24) is 9.80 Å². The second kappa shape index (κ2) is 13.2. The average molecular weight is 585 g/mol. The van der Waals surface area contributed by atoms with Gasteiger partial charge in [-0.2, -0.15) is 0 Å². The Kier molecular flexibility index (Phi) is 9.66. The summed E-state index contributed by atoms with van der Waals surface area (Å²) in [6.45, 7) is -1.29. The number of fused-ring (bicyclic) bond motifs is 1. The fraction of sp³-hybridized carbons (Fsp3) is 0.333. The first kappa shape index (κ1) is 29.4. The lowest BCUT2D eigenvalue weighted by Gasteiger charge is -2.25. The van der Waals surface area contributed by atoms with Gasteiger partial charge in [-0.1, -0.05) is 48.5 Å². The van der Waals surface area contributed by atoms with Crippen molar-refractivity contribution in [3.63, 3.8) is 0 Å². The van der Waals surface area contributed by atoms with Gasteiger partial charge in [0, 0.05) is 22.9 Å². The summed E-state index contributed by atoms with van der Waals surface area (Å²) in [6.07, 6.45) is 4.27. The van der Waals surface area contributed by atoms with Crippen molar-refractivity contribution in [2.24, 2.45) is 0 Å². The van der Waals surface area contributed by atoms with E-state index in [1.54, 1.807) is 24.3 Å². The van der Waals surface area contributed by atoms with Crippen LogP contribution in [0.15, 0.2) is 59.7 Å². The highest BCUT2D eigenvalue weighted by Gasteiger charge is 2.50. The number of carbonyl (C=O) groups is 4. The topological polar surface area (TPSA) is 115 Å². The van der Waals surface area contributed by atoms with Crippen LogP contribution in [0.2, 0.25) is 0 Å². The quantitative estimate of drug-likeness (QED) is 0.244. The van der Waals surface area contributed by atoms with Crippen LogP contribution in [0.25, 0.3) is 11.4 Å². The van der Waals surface area contributed by atoms with Crippen LogP contribution < -0.4 is 0 Å². The average Bonchev–Trinajstić information content (AvgIpc) is 3.35. The number of carboxylic acid groups (broad SMARTS) is 2. The Labute approximate surface area is 242 Å². The molecule has 2 heterocycles. The molecule has 2 aromatic carbocycles. The van der Waals surface area contributed by atoms with Gasteiger partial charge in [-0.25, -0.2) is 0 Å². The zero-order chi connectivity index (χ0) is 28.8. The molecule has 4 rings (SSSR count). The summed E-state index contributed by atoms with van der Waals surface area (Å²) in [5.74, 6) is -2.77. The van der Waals surface area contributed by atoms with E-state index in [1.807, 2.05) is 24.3 Å². The lowest BCUT2D eigenvalue weighted by atomic mass is 9.95. The smallest absolute Gasteiger partial charge is 0.323 e. The summed E-state index contributed by atoms with van der Waals surface area (Å²) < 4.78 is 0. The van der Waals surface area contributed by atoms with E-state index >= 15 is 0 Å². The summed E-state index contributed by atoms with van der Waals surface area (Å²) in [5, 5.41) is 19.4. The van der Waals surface area contributed by atoms with Crippen molar-refractivity contribution in [3.8, 4) is 0 Å². The lowest BCUT2D eigenvalue weighted by Crippen LogP contribution is -2.35. The van der Waals surface area contributed by atoms with Gasteiger partial charge >= 0.3 is 11.9 Å². The second-order valence-corrected chi connectivity index (χ2v) is 10.4. The van der Waals surface area contributed by atoms with Crippen LogP contribution in [0.1, 0.15) is 47.9 Å². The standard InChI is InChI=1S/C30H30Cl2N2O6/c31-15-7-5-11-19-9-1-3-13-21(19)27-25-26(30(40)33(27)17-23(35)36)28(34(29(25)39)18-24(37)38)22-14-4-2-10-20(22)12-6-8-16-32/h1-4,9-10,13-14H,5-8,11-12,15-18H2,(H,35,36)(H,37,38). The third kappa shape index (κ3) is 5.93. The number of hydrogen-bond acceptors (Lipinski definition) is 4. The SMILES string of the molecule is O=C(O)CN1C(=O)C2=C(c3ccccc3CCCCCl)N(CC(=O)O)C(=O)C2=C1c1ccccc1CCCCCl. The molecule has 0 aromatic heterocycles. The summed E-state index contributed by atoms with van der Waals surface area (Å²) in [7, 11) is 0. The van der Waals surface area contributed by atoms with E-state index in [9.17, 15) is 29.4 Å². The molecule has 0 spiro atoms. The van der Waals surface area contributed by atoms with Crippen LogP contribution in [0.4, 0.5) is 0 Å². The van der Waals surface area contributed by atoms with Crippen LogP contribution >= 0.6 is 23.2 Å². The number of aryl methyl sites for hydroxylation is 2. The van der Waals surface area contributed by atoms with Crippen LogP contribution in [0.3, 0.4) is 0 Å². The Morgan fingerprint density at radius 3 is 1.35 bits per heavy atom. The van der Waals surface area contributed by atoms with Gasteiger partial charge in [-0.3, -0.25) is 29.0 Å². The zero-order valence-electron chi connectivity index (χ0n) is 21.9. The number of aliphatic carboxylic acids is 2. The molecule has 40 heavy (non-hydrogen) atoms. The fourth-order valence-electron chi connectivity index (χ4n) is 5.29. The van der Waals surface area contributed by atoms with E-state index in [0.717, 1.165) is 46.6 Å². The van der Waals surface area contributed by atoms with Crippen LogP contribution in [-0.4, -0.2) is 68.6 Å². The molecule has 210 valence electrons. The second-order valence-electron chi connectivity index (χ2n) is 9.62. The van der Waals surface area contributed by atoms with E-state index < -0.39 is 36.8 Å². The highest BCUT2D eigenvalue weighted by Crippen LogP contribution is 2.47. The number of halogens is 2. The van der Waals surface area contributed by atoms with E-state index in [-0.39, 0.29) is 22.5 Å². The highest BCUT2D eigenvalue weighted by atomic mass is 35.5. The number of unbranched alkanes of at least 4 members (excludes halogenated alkanes) is 2. The third-order valence-corrected chi connectivity index (χ3v) is 7.51. The molecule has 0 saturated carbocycles. The maximum Gasteiger partial charge on any atom is 0.323 e. The van der Waals surface area contributed by atoms with Crippen LogP contribution in [0.5, 0.6) is 0 Å². The predicted octanol–water partition coefficient (Wildman–Crippen LogP) is 4.79. The molecule has 0 fully saturated rings. The Morgan fingerprint density at radius 1 is 0.625 bits per heavy atom. The molecule has 2 aromatic rings. The fourth-order valence-corrected chi connectivity index (χ4v) is 5.67. The first-order chi connectivity index (χ1) is 19.3. The van der Waals surface area contributed by atoms with Crippen molar-refractivity contribution < 1.29 is 29.4 Å². The Hall–Kier alpha value is -3.62. The van der Waals surface area contributed by atoms with Gasteiger partial charge < -0.3 is 10.2 Å². The minimum atomic E-state index is -1.23. The number of rotatable bonds is 14. The van der Waals surface area contributed by atoms with Gasteiger partial charge in [-0.05, 0) is 49.7 Å². The van der Waals surface area contributed by atoms with Crippen molar-refractivity contribution in [2.45, 2.75) is 38.5 Å². The summed E-state index contributed by atoms with van der Waals surface area (Å²) in [6, 6.07) is 14.5. The molecule has 2 aliphatic rings. The number of alkyl halides is 2. The Balaban J connectivity index is 1.98. The van der Waals surface area contributed by atoms with E-state index in [2.05, 4.69) is 0 Å². The Bertz CT molecular complexity index is 1290.